The summed E-state index contributed by atoms with van der Waals surface area (Å²) in [6, 6.07) is 3.60. The Kier molecular flexibility index (Phi) is 3.69. The summed E-state index contributed by atoms with van der Waals surface area (Å²) < 4.78 is 10.0. The molecule has 0 bridgehead atoms. The second-order valence-electron chi connectivity index (χ2n) is 3.19. The largest absolute Gasteiger partial charge is 0.494 e. The van der Waals surface area contributed by atoms with E-state index in [4.69, 9.17) is 9.47 Å². The molecule has 0 spiro atoms. The maximum absolute atomic E-state index is 11.5. The standard InChI is InChI=1S/C11H11N3O3/c15-11(10-8-16-4-5-17-10)14-13-7-9-2-1-3-12-6-9/h1-3,6-8H,4-5H2,(H,14,15)/b13-7+. The van der Waals surface area contributed by atoms with E-state index in [1.54, 1.807) is 18.5 Å². The van der Waals surface area contributed by atoms with Crippen LogP contribution in [-0.4, -0.2) is 30.3 Å². The third kappa shape index (κ3) is 3.30. The number of nitrogens with zero attached hydrogens (tertiary/aromatic N) is 2. The number of rotatable bonds is 3. The Bertz CT molecular complexity index is 443. The molecule has 0 unspecified atom stereocenters. The summed E-state index contributed by atoms with van der Waals surface area (Å²) in [5, 5.41) is 3.78. The number of carbonyl (C=O) groups is 1. The van der Waals surface area contributed by atoms with Gasteiger partial charge in [0.2, 0.25) is 5.76 Å². The molecule has 1 amide bonds. The summed E-state index contributed by atoms with van der Waals surface area (Å²) in [6.45, 7) is 0.821. The molecule has 1 aromatic rings. The van der Waals surface area contributed by atoms with Gasteiger partial charge in [-0.15, -0.1) is 0 Å². The lowest BCUT2D eigenvalue weighted by Crippen LogP contribution is -2.24. The van der Waals surface area contributed by atoms with E-state index in [0.29, 0.717) is 13.2 Å². The van der Waals surface area contributed by atoms with Gasteiger partial charge in [0.15, 0.2) is 0 Å². The summed E-state index contributed by atoms with van der Waals surface area (Å²) >= 11 is 0. The minimum Gasteiger partial charge on any atom is -0.494 e. The van der Waals surface area contributed by atoms with Crippen molar-refractivity contribution in [2.24, 2.45) is 5.10 Å². The lowest BCUT2D eigenvalue weighted by molar-refractivity contribution is -0.122. The number of hydrazone groups is 1. The molecule has 2 heterocycles. The summed E-state index contributed by atoms with van der Waals surface area (Å²) in [7, 11) is 0. The van der Waals surface area contributed by atoms with Crippen LogP contribution in [0.1, 0.15) is 5.56 Å². The number of hydrogen-bond donors (Lipinski definition) is 1. The van der Waals surface area contributed by atoms with Crippen LogP contribution in [0.5, 0.6) is 0 Å². The van der Waals surface area contributed by atoms with Gasteiger partial charge in [0.25, 0.3) is 0 Å². The van der Waals surface area contributed by atoms with E-state index in [1.807, 2.05) is 6.07 Å². The molecule has 0 fully saturated rings. The molecular weight excluding hydrogens is 222 g/mol. The normalized spacial score (nSPS) is 14.7. The first-order chi connectivity index (χ1) is 8.36. The Morgan fingerprint density at radius 2 is 2.47 bits per heavy atom. The van der Waals surface area contributed by atoms with Crippen LogP contribution in [0.2, 0.25) is 0 Å². The molecule has 6 heteroatoms. The Balaban J connectivity index is 1.88. The fraction of sp³-hybridized carbons (Fsp3) is 0.182. The zero-order chi connectivity index (χ0) is 11.9. The van der Waals surface area contributed by atoms with E-state index < -0.39 is 5.91 Å². The van der Waals surface area contributed by atoms with Gasteiger partial charge in [0.05, 0.1) is 6.21 Å². The van der Waals surface area contributed by atoms with Crippen molar-refractivity contribution in [3.63, 3.8) is 0 Å². The lowest BCUT2D eigenvalue weighted by Gasteiger charge is -2.13. The first kappa shape index (κ1) is 11.1. The molecule has 1 aromatic heterocycles. The Hall–Kier alpha value is -2.37. The van der Waals surface area contributed by atoms with Gasteiger partial charge in [-0.3, -0.25) is 9.78 Å². The zero-order valence-corrected chi connectivity index (χ0v) is 9.00. The molecule has 1 aliphatic rings. The van der Waals surface area contributed by atoms with E-state index in [1.165, 1.54) is 12.5 Å². The van der Waals surface area contributed by atoms with Crippen molar-refractivity contribution >= 4 is 12.1 Å². The van der Waals surface area contributed by atoms with Crippen LogP contribution in [0.3, 0.4) is 0 Å². The second-order valence-corrected chi connectivity index (χ2v) is 3.19. The van der Waals surface area contributed by atoms with Gasteiger partial charge in [-0.2, -0.15) is 5.10 Å². The molecule has 1 N–H and O–H groups in total. The van der Waals surface area contributed by atoms with Crippen molar-refractivity contribution in [1.29, 1.82) is 0 Å². The first-order valence-electron chi connectivity index (χ1n) is 5.04. The molecule has 6 nitrogen and oxygen atoms in total. The van der Waals surface area contributed by atoms with E-state index in [0.717, 1.165) is 5.56 Å². The van der Waals surface area contributed by atoms with Gasteiger partial charge in [-0.1, -0.05) is 6.07 Å². The van der Waals surface area contributed by atoms with Crippen LogP contribution in [-0.2, 0) is 14.3 Å². The maximum Gasteiger partial charge on any atom is 0.309 e. The fourth-order valence-electron chi connectivity index (χ4n) is 1.16. The molecular formula is C11H11N3O3. The monoisotopic (exact) mass is 233 g/mol. The fourth-order valence-corrected chi connectivity index (χ4v) is 1.16. The van der Waals surface area contributed by atoms with Gasteiger partial charge < -0.3 is 9.47 Å². The van der Waals surface area contributed by atoms with Crippen LogP contribution in [0.4, 0.5) is 0 Å². The summed E-state index contributed by atoms with van der Waals surface area (Å²) in [6.07, 6.45) is 6.07. The number of carbonyl (C=O) groups excluding carboxylic acids is 1. The van der Waals surface area contributed by atoms with Crippen LogP contribution in [0.15, 0.2) is 41.6 Å². The average molecular weight is 233 g/mol. The zero-order valence-electron chi connectivity index (χ0n) is 9.00. The highest BCUT2D eigenvalue weighted by atomic mass is 16.6. The van der Waals surface area contributed by atoms with Crippen molar-refractivity contribution in [2.45, 2.75) is 0 Å². The average Bonchev–Trinajstić information content (AvgIpc) is 2.41. The first-order valence-corrected chi connectivity index (χ1v) is 5.04. The highest BCUT2D eigenvalue weighted by Gasteiger charge is 2.13. The van der Waals surface area contributed by atoms with Crippen molar-refractivity contribution in [3.8, 4) is 0 Å². The molecule has 0 saturated carbocycles. The molecule has 88 valence electrons. The minimum atomic E-state index is -0.440. The van der Waals surface area contributed by atoms with Crippen LogP contribution in [0.25, 0.3) is 0 Å². The van der Waals surface area contributed by atoms with Crippen molar-refractivity contribution in [3.05, 3.63) is 42.1 Å². The number of ether oxygens (including phenoxy) is 2. The maximum atomic E-state index is 11.5. The Morgan fingerprint density at radius 1 is 1.53 bits per heavy atom. The minimum absolute atomic E-state index is 0.125. The van der Waals surface area contributed by atoms with Gasteiger partial charge in [0.1, 0.15) is 19.5 Å². The third-order valence-corrected chi connectivity index (χ3v) is 1.94. The number of amides is 1. The highest BCUT2D eigenvalue weighted by molar-refractivity contribution is 5.92. The Morgan fingerprint density at radius 3 is 3.18 bits per heavy atom. The smallest absolute Gasteiger partial charge is 0.309 e. The van der Waals surface area contributed by atoms with Crippen molar-refractivity contribution in [2.75, 3.05) is 13.2 Å². The van der Waals surface area contributed by atoms with Crippen LogP contribution in [0, 0.1) is 0 Å². The SMILES string of the molecule is O=C(N/N=C/c1cccnc1)C1=COCCO1. The van der Waals surface area contributed by atoms with Crippen molar-refractivity contribution in [1.82, 2.24) is 10.4 Å². The molecule has 2 rings (SSSR count). The molecule has 0 saturated heterocycles. The summed E-state index contributed by atoms with van der Waals surface area (Å²) in [5.74, 6) is -0.315. The van der Waals surface area contributed by atoms with Gasteiger partial charge in [-0.05, 0) is 6.07 Å². The molecule has 1 aliphatic heterocycles. The van der Waals surface area contributed by atoms with Crippen molar-refractivity contribution < 1.29 is 14.3 Å². The van der Waals surface area contributed by atoms with E-state index >= 15 is 0 Å². The number of pyridine rings is 1. The predicted molar refractivity (Wildman–Crippen MR) is 60.0 cm³/mol. The van der Waals surface area contributed by atoms with Gasteiger partial charge >= 0.3 is 5.91 Å². The predicted octanol–water partition coefficient (Wildman–Crippen LogP) is 0.420. The van der Waals surface area contributed by atoms with Crippen LogP contribution < -0.4 is 5.43 Å². The topological polar surface area (TPSA) is 72.8 Å². The molecule has 0 aliphatic carbocycles. The number of aromatic nitrogens is 1. The highest BCUT2D eigenvalue weighted by Crippen LogP contribution is 2.03. The lowest BCUT2D eigenvalue weighted by atomic mass is 10.3. The van der Waals surface area contributed by atoms with E-state index in [-0.39, 0.29) is 5.76 Å². The molecule has 0 atom stereocenters. The number of nitrogens with one attached hydrogen (secondary N) is 1. The number of hydrogen-bond acceptors (Lipinski definition) is 5. The summed E-state index contributed by atoms with van der Waals surface area (Å²) in [5.41, 5.74) is 3.12. The van der Waals surface area contributed by atoms with Gasteiger partial charge in [-0.25, -0.2) is 5.43 Å². The summed E-state index contributed by atoms with van der Waals surface area (Å²) in [4.78, 5) is 15.4. The molecule has 17 heavy (non-hydrogen) atoms. The van der Waals surface area contributed by atoms with Gasteiger partial charge in [0, 0.05) is 18.0 Å². The third-order valence-electron chi connectivity index (χ3n) is 1.94. The Labute approximate surface area is 97.9 Å². The second kappa shape index (κ2) is 5.64. The molecule has 0 aromatic carbocycles. The molecule has 0 radical (unpaired) electrons. The van der Waals surface area contributed by atoms with E-state index in [9.17, 15) is 4.79 Å². The quantitative estimate of drug-likeness (QED) is 0.606. The van der Waals surface area contributed by atoms with E-state index in [2.05, 4.69) is 15.5 Å². The van der Waals surface area contributed by atoms with Crippen LogP contribution >= 0.6 is 0 Å².